The monoisotopic (exact) mass is 421 g/mol. The van der Waals surface area contributed by atoms with Crippen molar-refractivity contribution < 1.29 is 4.79 Å². The van der Waals surface area contributed by atoms with E-state index in [-0.39, 0.29) is 11.7 Å². The lowest BCUT2D eigenvalue weighted by atomic mass is 10.4. The molecule has 1 amide bonds. The van der Waals surface area contributed by atoms with Gasteiger partial charge in [0.25, 0.3) is 5.95 Å². The molecule has 0 fully saturated rings. The zero-order valence-electron chi connectivity index (χ0n) is 15.0. The van der Waals surface area contributed by atoms with E-state index in [4.69, 9.17) is 23.2 Å². The smallest absolute Gasteiger partial charge is 0.252 e. The van der Waals surface area contributed by atoms with Gasteiger partial charge in [-0.2, -0.15) is 9.78 Å². The Labute approximate surface area is 171 Å². The predicted molar refractivity (Wildman–Crippen MR) is 109 cm³/mol. The summed E-state index contributed by atoms with van der Waals surface area (Å²) < 4.78 is 1.53. The highest BCUT2D eigenvalue weighted by Crippen LogP contribution is 2.30. The molecule has 0 unspecified atom stereocenters. The van der Waals surface area contributed by atoms with Crippen LogP contribution in [0.25, 0.3) is 5.95 Å². The van der Waals surface area contributed by atoms with E-state index in [2.05, 4.69) is 20.4 Å². The first-order chi connectivity index (χ1) is 12.8. The first kappa shape index (κ1) is 19.7. The standard InChI is InChI=1S/C18H17Cl2N5OS/c1-10-6-11(2)22-18(21-10)25-16(7-12(3)24-25)23-17(26)9-27-15-8-13(19)4-5-14(15)20/h4-8H,9H2,1-3H3,(H,23,26). The predicted octanol–water partition coefficient (Wildman–Crippen LogP) is 4.63. The molecule has 3 aromatic rings. The number of halogens is 2. The molecule has 0 radical (unpaired) electrons. The van der Waals surface area contributed by atoms with Crippen LogP contribution < -0.4 is 5.32 Å². The molecule has 0 aliphatic rings. The maximum absolute atomic E-state index is 12.4. The third-order valence-corrected chi connectivity index (χ3v) is 5.24. The quantitative estimate of drug-likeness (QED) is 0.608. The molecule has 2 heterocycles. The Kier molecular flexibility index (Phi) is 6.04. The Bertz CT molecular complexity index is 985. The van der Waals surface area contributed by atoms with Crippen molar-refractivity contribution in [3.63, 3.8) is 0 Å². The minimum Gasteiger partial charge on any atom is -0.310 e. The van der Waals surface area contributed by atoms with Crippen molar-refractivity contribution in [3.05, 3.63) is 57.5 Å². The van der Waals surface area contributed by atoms with Crippen molar-refractivity contribution in [1.29, 1.82) is 0 Å². The topological polar surface area (TPSA) is 72.7 Å². The highest BCUT2D eigenvalue weighted by atomic mass is 35.5. The number of nitrogens with one attached hydrogen (secondary N) is 1. The summed E-state index contributed by atoms with van der Waals surface area (Å²) >= 11 is 13.4. The van der Waals surface area contributed by atoms with Gasteiger partial charge in [-0.1, -0.05) is 23.2 Å². The summed E-state index contributed by atoms with van der Waals surface area (Å²) in [6, 6.07) is 8.80. The lowest BCUT2D eigenvalue weighted by Crippen LogP contribution is -2.18. The van der Waals surface area contributed by atoms with Gasteiger partial charge in [0.1, 0.15) is 5.82 Å². The number of benzene rings is 1. The Morgan fingerprint density at radius 1 is 1.07 bits per heavy atom. The molecule has 6 nitrogen and oxygen atoms in total. The molecule has 27 heavy (non-hydrogen) atoms. The van der Waals surface area contributed by atoms with Crippen molar-refractivity contribution >= 4 is 46.7 Å². The van der Waals surface area contributed by atoms with Crippen LogP contribution in [0.5, 0.6) is 0 Å². The Balaban J connectivity index is 1.76. The van der Waals surface area contributed by atoms with E-state index in [0.717, 1.165) is 22.0 Å². The van der Waals surface area contributed by atoms with Crippen LogP contribution in [0.4, 0.5) is 5.82 Å². The van der Waals surface area contributed by atoms with Gasteiger partial charge in [0.2, 0.25) is 5.91 Å². The van der Waals surface area contributed by atoms with Gasteiger partial charge in [-0.25, -0.2) is 9.97 Å². The van der Waals surface area contributed by atoms with E-state index in [1.807, 2.05) is 26.8 Å². The molecule has 0 aliphatic heterocycles. The van der Waals surface area contributed by atoms with Crippen molar-refractivity contribution in [2.24, 2.45) is 0 Å². The summed E-state index contributed by atoms with van der Waals surface area (Å²) in [5.41, 5.74) is 2.40. The van der Waals surface area contributed by atoms with E-state index < -0.39 is 0 Å². The molecule has 1 N–H and O–H groups in total. The third-order valence-electron chi connectivity index (χ3n) is 3.51. The normalized spacial score (nSPS) is 10.9. The second-order valence-corrected chi connectivity index (χ2v) is 7.81. The molecule has 0 aliphatic carbocycles. The van der Waals surface area contributed by atoms with Gasteiger partial charge in [0.05, 0.1) is 16.5 Å². The number of aromatic nitrogens is 4. The summed E-state index contributed by atoms with van der Waals surface area (Å²) in [7, 11) is 0. The van der Waals surface area contributed by atoms with Crippen LogP contribution in [0, 0.1) is 20.8 Å². The summed E-state index contributed by atoms with van der Waals surface area (Å²) in [6.07, 6.45) is 0. The van der Waals surface area contributed by atoms with Crippen LogP contribution in [0.3, 0.4) is 0 Å². The molecule has 1 aromatic carbocycles. The molecule has 3 rings (SSSR count). The molecule has 0 bridgehead atoms. The van der Waals surface area contributed by atoms with E-state index in [1.165, 1.54) is 16.4 Å². The fourth-order valence-corrected chi connectivity index (χ4v) is 3.75. The van der Waals surface area contributed by atoms with Gasteiger partial charge in [-0.05, 0) is 45.0 Å². The SMILES string of the molecule is Cc1cc(C)nc(-n2nc(C)cc2NC(=O)CSc2cc(Cl)ccc2Cl)n1. The highest BCUT2D eigenvalue weighted by Gasteiger charge is 2.14. The number of carbonyl (C=O) groups is 1. The van der Waals surface area contributed by atoms with Crippen LogP contribution in [-0.2, 0) is 4.79 Å². The van der Waals surface area contributed by atoms with Gasteiger partial charge < -0.3 is 5.32 Å². The Morgan fingerprint density at radius 3 is 2.48 bits per heavy atom. The van der Waals surface area contributed by atoms with E-state index in [9.17, 15) is 4.79 Å². The highest BCUT2D eigenvalue weighted by molar-refractivity contribution is 8.00. The average molecular weight is 422 g/mol. The minimum atomic E-state index is -0.193. The van der Waals surface area contributed by atoms with Gasteiger partial charge in [0, 0.05) is 27.4 Å². The number of aryl methyl sites for hydroxylation is 3. The summed E-state index contributed by atoms with van der Waals surface area (Å²) in [6.45, 7) is 5.62. The van der Waals surface area contributed by atoms with E-state index >= 15 is 0 Å². The Morgan fingerprint density at radius 2 is 1.78 bits per heavy atom. The first-order valence-corrected chi connectivity index (χ1v) is 9.83. The van der Waals surface area contributed by atoms with Crippen LogP contribution in [-0.4, -0.2) is 31.4 Å². The molecule has 9 heteroatoms. The fraction of sp³-hybridized carbons (Fsp3) is 0.222. The number of rotatable bonds is 5. The lowest BCUT2D eigenvalue weighted by Gasteiger charge is -2.09. The number of hydrogen-bond acceptors (Lipinski definition) is 5. The molecule has 0 saturated heterocycles. The second kappa shape index (κ2) is 8.29. The van der Waals surface area contributed by atoms with Crippen LogP contribution in [0.1, 0.15) is 17.1 Å². The summed E-state index contributed by atoms with van der Waals surface area (Å²) in [5, 5.41) is 8.38. The van der Waals surface area contributed by atoms with Gasteiger partial charge in [-0.15, -0.1) is 11.8 Å². The third kappa shape index (κ3) is 5.00. The molecule has 0 saturated carbocycles. The molecule has 0 atom stereocenters. The molecular weight excluding hydrogens is 405 g/mol. The zero-order chi connectivity index (χ0) is 19.6. The molecular formula is C18H17Cl2N5OS. The number of thioether (sulfide) groups is 1. The zero-order valence-corrected chi connectivity index (χ0v) is 17.3. The number of carbonyl (C=O) groups excluding carboxylic acids is 1. The van der Waals surface area contributed by atoms with Crippen molar-refractivity contribution in [1.82, 2.24) is 19.7 Å². The fourth-order valence-electron chi connectivity index (χ4n) is 2.45. The molecule has 2 aromatic heterocycles. The summed E-state index contributed by atoms with van der Waals surface area (Å²) in [4.78, 5) is 22.0. The largest absolute Gasteiger partial charge is 0.310 e. The number of nitrogens with zero attached hydrogens (tertiary/aromatic N) is 4. The minimum absolute atomic E-state index is 0.179. The maximum atomic E-state index is 12.4. The number of anilines is 1. The van der Waals surface area contributed by atoms with Crippen molar-refractivity contribution in [2.75, 3.05) is 11.1 Å². The van der Waals surface area contributed by atoms with Crippen molar-refractivity contribution in [3.8, 4) is 5.95 Å². The first-order valence-electron chi connectivity index (χ1n) is 8.09. The van der Waals surface area contributed by atoms with E-state index in [1.54, 1.807) is 24.3 Å². The lowest BCUT2D eigenvalue weighted by molar-refractivity contribution is -0.113. The van der Waals surface area contributed by atoms with Crippen LogP contribution in [0.15, 0.2) is 35.2 Å². The maximum Gasteiger partial charge on any atom is 0.252 e. The average Bonchev–Trinajstić information content (AvgIpc) is 2.95. The molecule has 0 spiro atoms. The summed E-state index contributed by atoms with van der Waals surface area (Å²) in [5.74, 6) is 0.918. The van der Waals surface area contributed by atoms with Gasteiger partial charge >= 0.3 is 0 Å². The Hall–Kier alpha value is -2.09. The van der Waals surface area contributed by atoms with E-state index in [0.29, 0.717) is 21.8 Å². The van der Waals surface area contributed by atoms with Gasteiger partial charge in [0.15, 0.2) is 0 Å². The number of hydrogen-bond donors (Lipinski definition) is 1. The van der Waals surface area contributed by atoms with Gasteiger partial charge in [-0.3, -0.25) is 4.79 Å². The second-order valence-electron chi connectivity index (χ2n) is 5.95. The molecule has 140 valence electrons. The van der Waals surface area contributed by atoms with Crippen molar-refractivity contribution in [2.45, 2.75) is 25.7 Å². The number of amides is 1. The van der Waals surface area contributed by atoms with Crippen LogP contribution >= 0.6 is 35.0 Å². The van der Waals surface area contributed by atoms with Crippen LogP contribution in [0.2, 0.25) is 10.0 Å².